The van der Waals surface area contributed by atoms with Crippen molar-refractivity contribution in [2.45, 2.75) is 0 Å². The predicted octanol–water partition coefficient (Wildman–Crippen LogP) is 1.92. The van der Waals surface area contributed by atoms with Gasteiger partial charge >= 0.3 is 0 Å². The van der Waals surface area contributed by atoms with Crippen LogP contribution in [0.4, 0.5) is 0 Å². The zero-order valence-electron chi connectivity index (χ0n) is 7.87. The molecule has 1 aromatic rings. The maximum absolute atomic E-state index is 5.20. The summed E-state index contributed by atoms with van der Waals surface area (Å²) in [5, 5.41) is 0. The molecule has 71 valence electrons. The third-order valence-electron chi connectivity index (χ3n) is 1.62. The second-order valence-electron chi connectivity index (χ2n) is 2.37. The van der Waals surface area contributed by atoms with E-state index in [1.165, 1.54) is 0 Å². The highest BCUT2D eigenvalue weighted by molar-refractivity contribution is 5.45. The Bertz CT molecular complexity index is 271. The fraction of sp³-hybridized carbons (Fsp3) is 0.300. The monoisotopic (exact) mass is 181 g/mol. The van der Waals surface area contributed by atoms with Gasteiger partial charge < -0.3 is 14.2 Å². The van der Waals surface area contributed by atoms with Crippen LogP contribution < -0.4 is 14.2 Å². The van der Waals surface area contributed by atoms with Gasteiger partial charge in [-0.2, -0.15) is 0 Å². The van der Waals surface area contributed by atoms with E-state index in [9.17, 15) is 0 Å². The summed E-state index contributed by atoms with van der Waals surface area (Å²) in [5.74, 6) is 2.08. The second-order valence-corrected chi connectivity index (χ2v) is 2.37. The largest absolute Gasteiger partial charge is 0.493 e. The van der Waals surface area contributed by atoms with Crippen LogP contribution in [-0.4, -0.2) is 20.8 Å². The molecule has 1 radical (unpaired) electrons. The lowest BCUT2D eigenvalue weighted by Crippen LogP contribution is -1.94. The summed E-state index contributed by atoms with van der Waals surface area (Å²) in [6, 6.07) is 5.38. The van der Waals surface area contributed by atoms with Gasteiger partial charge in [0.2, 0.25) is 0 Å². The summed E-state index contributed by atoms with van der Waals surface area (Å²) in [6.45, 7) is 3.98. The topological polar surface area (TPSA) is 27.7 Å². The van der Waals surface area contributed by atoms with Crippen molar-refractivity contribution in [1.82, 2.24) is 0 Å². The van der Waals surface area contributed by atoms with E-state index >= 15 is 0 Å². The van der Waals surface area contributed by atoms with Gasteiger partial charge in [0.25, 0.3) is 0 Å². The summed E-state index contributed by atoms with van der Waals surface area (Å²) in [6.07, 6.45) is 0. The zero-order chi connectivity index (χ0) is 9.68. The first-order valence-electron chi connectivity index (χ1n) is 3.96. The Labute approximate surface area is 78.2 Å². The fourth-order valence-electron chi connectivity index (χ4n) is 1.02. The number of benzene rings is 1. The van der Waals surface area contributed by atoms with Gasteiger partial charge in [0, 0.05) is 6.07 Å². The lowest BCUT2D eigenvalue weighted by Gasteiger charge is -2.09. The summed E-state index contributed by atoms with van der Waals surface area (Å²) >= 11 is 0. The van der Waals surface area contributed by atoms with Crippen LogP contribution in [0.3, 0.4) is 0 Å². The van der Waals surface area contributed by atoms with E-state index in [0.29, 0.717) is 18.1 Å². The second kappa shape index (κ2) is 4.60. The SMILES string of the molecule is [CH2]COc1ccc(OC)c(OC)c1. The van der Waals surface area contributed by atoms with Gasteiger partial charge in [-0.15, -0.1) is 0 Å². The van der Waals surface area contributed by atoms with Crippen LogP contribution in [0.2, 0.25) is 0 Å². The molecule has 0 aliphatic heterocycles. The van der Waals surface area contributed by atoms with Crippen LogP contribution in [-0.2, 0) is 0 Å². The maximum Gasteiger partial charge on any atom is 0.164 e. The van der Waals surface area contributed by atoms with E-state index < -0.39 is 0 Å². The minimum Gasteiger partial charge on any atom is -0.493 e. The Kier molecular flexibility index (Phi) is 3.43. The van der Waals surface area contributed by atoms with Crippen LogP contribution in [0, 0.1) is 6.92 Å². The number of rotatable bonds is 4. The van der Waals surface area contributed by atoms with Crippen molar-refractivity contribution in [2.24, 2.45) is 0 Å². The minimum absolute atomic E-state index is 0.398. The Morgan fingerprint density at radius 1 is 1.15 bits per heavy atom. The van der Waals surface area contributed by atoms with Crippen molar-refractivity contribution >= 4 is 0 Å². The van der Waals surface area contributed by atoms with Crippen molar-refractivity contribution in [1.29, 1.82) is 0 Å². The molecule has 13 heavy (non-hydrogen) atoms. The van der Waals surface area contributed by atoms with E-state index in [1.807, 2.05) is 6.07 Å². The molecule has 0 unspecified atom stereocenters. The number of hydrogen-bond donors (Lipinski definition) is 0. The lowest BCUT2D eigenvalue weighted by atomic mass is 10.3. The molecule has 1 rings (SSSR count). The molecule has 0 amide bonds. The molecule has 0 N–H and O–H groups in total. The van der Waals surface area contributed by atoms with Gasteiger partial charge in [0.05, 0.1) is 20.8 Å². The van der Waals surface area contributed by atoms with Crippen molar-refractivity contribution < 1.29 is 14.2 Å². The van der Waals surface area contributed by atoms with Gasteiger partial charge in [-0.3, -0.25) is 0 Å². The van der Waals surface area contributed by atoms with Crippen molar-refractivity contribution in [3.05, 3.63) is 25.1 Å². The summed E-state index contributed by atoms with van der Waals surface area (Å²) in [5.41, 5.74) is 0. The Morgan fingerprint density at radius 2 is 1.85 bits per heavy atom. The van der Waals surface area contributed by atoms with Crippen LogP contribution in [0.25, 0.3) is 0 Å². The van der Waals surface area contributed by atoms with Gasteiger partial charge in [-0.25, -0.2) is 0 Å². The van der Waals surface area contributed by atoms with Crippen molar-refractivity contribution in [3.8, 4) is 17.2 Å². The molecule has 0 saturated heterocycles. The van der Waals surface area contributed by atoms with Gasteiger partial charge in [-0.1, -0.05) is 0 Å². The van der Waals surface area contributed by atoms with Gasteiger partial charge in [-0.05, 0) is 19.1 Å². The maximum atomic E-state index is 5.20. The molecule has 0 saturated carbocycles. The molecule has 0 aliphatic carbocycles. The molecule has 0 bridgehead atoms. The zero-order valence-corrected chi connectivity index (χ0v) is 7.87. The van der Waals surface area contributed by atoms with E-state index in [-0.39, 0.29) is 0 Å². The van der Waals surface area contributed by atoms with Crippen LogP contribution in [0.15, 0.2) is 18.2 Å². The highest BCUT2D eigenvalue weighted by Gasteiger charge is 2.03. The smallest absolute Gasteiger partial charge is 0.164 e. The predicted molar refractivity (Wildman–Crippen MR) is 50.4 cm³/mol. The Balaban J connectivity index is 2.91. The van der Waals surface area contributed by atoms with Crippen molar-refractivity contribution in [3.63, 3.8) is 0 Å². The quantitative estimate of drug-likeness (QED) is 0.710. The first kappa shape index (κ1) is 9.71. The summed E-state index contributed by atoms with van der Waals surface area (Å²) < 4.78 is 15.4. The first-order chi connectivity index (χ1) is 6.31. The molecule has 0 aliphatic rings. The van der Waals surface area contributed by atoms with Crippen molar-refractivity contribution in [2.75, 3.05) is 20.8 Å². The molecule has 3 nitrogen and oxygen atoms in total. The van der Waals surface area contributed by atoms with Crippen LogP contribution >= 0.6 is 0 Å². The highest BCUT2D eigenvalue weighted by Crippen LogP contribution is 2.30. The molecule has 0 aromatic heterocycles. The molecule has 1 aromatic carbocycles. The standard InChI is InChI=1S/C10H13O3/c1-4-13-8-5-6-9(11-2)10(7-8)12-3/h5-7H,1,4H2,2-3H3. The third kappa shape index (κ3) is 2.28. The Morgan fingerprint density at radius 3 is 2.38 bits per heavy atom. The molecule has 0 fully saturated rings. The number of methoxy groups -OCH3 is 2. The van der Waals surface area contributed by atoms with E-state index in [4.69, 9.17) is 14.2 Å². The summed E-state index contributed by atoms with van der Waals surface area (Å²) in [4.78, 5) is 0. The lowest BCUT2D eigenvalue weighted by molar-refractivity contribution is 0.338. The molecule has 3 heteroatoms. The molecule has 0 atom stereocenters. The normalized spacial score (nSPS) is 9.46. The number of ether oxygens (including phenoxy) is 3. The average molecular weight is 181 g/mol. The fourth-order valence-corrected chi connectivity index (χ4v) is 1.02. The Hall–Kier alpha value is -1.38. The van der Waals surface area contributed by atoms with E-state index in [2.05, 4.69) is 6.92 Å². The summed E-state index contributed by atoms with van der Waals surface area (Å²) in [7, 11) is 3.19. The molecular formula is C10H13O3. The van der Waals surface area contributed by atoms with Crippen LogP contribution in [0.5, 0.6) is 17.2 Å². The molecule has 0 spiro atoms. The number of hydrogen-bond acceptors (Lipinski definition) is 3. The molecular weight excluding hydrogens is 168 g/mol. The molecule has 0 heterocycles. The van der Waals surface area contributed by atoms with E-state index in [0.717, 1.165) is 5.75 Å². The van der Waals surface area contributed by atoms with Gasteiger partial charge in [0.1, 0.15) is 5.75 Å². The van der Waals surface area contributed by atoms with Gasteiger partial charge in [0.15, 0.2) is 11.5 Å². The van der Waals surface area contributed by atoms with E-state index in [1.54, 1.807) is 26.4 Å². The minimum atomic E-state index is 0.398. The average Bonchev–Trinajstić information content (AvgIpc) is 2.18. The first-order valence-corrected chi connectivity index (χ1v) is 3.96. The third-order valence-corrected chi connectivity index (χ3v) is 1.62. The highest BCUT2D eigenvalue weighted by atomic mass is 16.5. The van der Waals surface area contributed by atoms with Crippen LogP contribution in [0.1, 0.15) is 0 Å².